The second kappa shape index (κ2) is 5.64. The monoisotopic (exact) mass is 284 g/mol. The zero-order chi connectivity index (χ0) is 13.9. The van der Waals surface area contributed by atoms with E-state index >= 15 is 0 Å². The minimum atomic E-state index is -0.763. The maximum atomic E-state index is 11.6. The molecule has 0 unspecified atom stereocenters. The van der Waals surface area contributed by atoms with Gasteiger partial charge in [-0.1, -0.05) is 5.16 Å². The van der Waals surface area contributed by atoms with E-state index in [9.17, 15) is 9.59 Å². The van der Waals surface area contributed by atoms with Crippen LogP contribution in [0.25, 0.3) is 0 Å². The van der Waals surface area contributed by atoms with Crippen molar-refractivity contribution in [3.05, 3.63) is 11.8 Å². The number of hydrogen-bond donors (Lipinski definition) is 2. The third kappa shape index (κ3) is 4.27. The van der Waals surface area contributed by atoms with Crippen LogP contribution in [0.4, 0.5) is 5.82 Å². The lowest BCUT2D eigenvalue weighted by atomic mass is 10.1. The molecule has 1 aliphatic carbocycles. The van der Waals surface area contributed by atoms with E-state index in [0.717, 1.165) is 12.8 Å². The Hall–Kier alpha value is -1.50. The molecule has 6 nitrogen and oxygen atoms in total. The first-order valence-corrected chi connectivity index (χ1v) is 7.17. The topological polar surface area (TPSA) is 92.4 Å². The number of nitrogens with zero attached hydrogens (tertiary/aromatic N) is 1. The predicted molar refractivity (Wildman–Crippen MR) is 71.1 cm³/mol. The number of thioether (sulfide) groups is 1. The summed E-state index contributed by atoms with van der Waals surface area (Å²) in [5.74, 6) is 1.15. The largest absolute Gasteiger partial charge is 0.481 e. The lowest BCUT2D eigenvalue weighted by molar-refractivity contribution is -0.138. The Labute approximate surface area is 114 Å². The van der Waals surface area contributed by atoms with Gasteiger partial charge in [-0.3, -0.25) is 9.59 Å². The summed E-state index contributed by atoms with van der Waals surface area (Å²) >= 11 is 1.47. The fourth-order valence-electron chi connectivity index (χ4n) is 1.83. The summed E-state index contributed by atoms with van der Waals surface area (Å²) in [5.41, 5.74) is -0.0821. The third-order valence-corrected chi connectivity index (χ3v) is 4.30. The molecule has 104 valence electrons. The summed E-state index contributed by atoms with van der Waals surface area (Å²) in [7, 11) is 0. The molecule has 0 atom stereocenters. The number of aryl methyl sites for hydroxylation is 1. The first kappa shape index (κ1) is 13.9. The quantitative estimate of drug-likeness (QED) is 0.794. The Bertz CT molecular complexity index is 482. The number of anilines is 1. The number of hydrogen-bond acceptors (Lipinski definition) is 5. The van der Waals surface area contributed by atoms with Crippen LogP contribution in [0.15, 0.2) is 10.6 Å². The number of amides is 1. The molecule has 0 aromatic carbocycles. The zero-order valence-electron chi connectivity index (χ0n) is 10.6. The van der Waals surface area contributed by atoms with E-state index in [4.69, 9.17) is 9.63 Å². The molecule has 1 aliphatic rings. The van der Waals surface area contributed by atoms with Crippen molar-refractivity contribution >= 4 is 29.5 Å². The number of carboxylic acids is 1. The first-order valence-electron chi connectivity index (χ1n) is 6.02. The summed E-state index contributed by atoms with van der Waals surface area (Å²) in [6.45, 7) is 1.75. The van der Waals surface area contributed by atoms with Gasteiger partial charge in [0, 0.05) is 6.07 Å². The Morgan fingerprint density at radius 2 is 2.32 bits per heavy atom. The highest BCUT2D eigenvalue weighted by Gasteiger charge is 2.44. The van der Waals surface area contributed by atoms with Gasteiger partial charge in [0.2, 0.25) is 5.91 Å². The molecule has 2 rings (SSSR count). The van der Waals surface area contributed by atoms with Crippen molar-refractivity contribution in [3.8, 4) is 0 Å². The van der Waals surface area contributed by atoms with Crippen molar-refractivity contribution in [1.29, 1.82) is 0 Å². The lowest BCUT2D eigenvalue weighted by Crippen LogP contribution is -2.17. The number of aromatic nitrogens is 1. The van der Waals surface area contributed by atoms with Gasteiger partial charge >= 0.3 is 5.97 Å². The fourth-order valence-corrected chi connectivity index (χ4v) is 3.02. The molecule has 1 saturated carbocycles. The molecule has 0 bridgehead atoms. The number of aliphatic carboxylic acids is 1. The maximum Gasteiger partial charge on any atom is 0.303 e. The molecular weight excluding hydrogens is 268 g/mol. The summed E-state index contributed by atoms with van der Waals surface area (Å²) in [6.07, 6.45) is 2.08. The molecule has 19 heavy (non-hydrogen) atoms. The highest BCUT2D eigenvalue weighted by molar-refractivity contribution is 8.00. The first-order chi connectivity index (χ1) is 8.99. The summed E-state index contributed by atoms with van der Waals surface area (Å²) in [5, 5.41) is 15.1. The lowest BCUT2D eigenvalue weighted by Gasteiger charge is -2.11. The predicted octanol–water partition coefficient (Wildman–Crippen LogP) is 1.91. The standard InChI is InChI=1S/C12H16N2O4S/c1-8-4-9(14-18-8)13-10(15)6-19-7-12(2-3-12)5-11(16)17/h4H,2-3,5-7H2,1H3,(H,16,17)(H,13,14,15). The summed E-state index contributed by atoms with van der Waals surface area (Å²) < 4.78 is 4.84. The number of rotatable bonds is 7. The van der Waals surface area contributed by atoms with Crippen LogP contribution in [0.2, 0.25) is 0 Å². The van der Waals surface area contributed by atoms with Gasteiger partial charge < -0.3 is 14.9 Å². The molecule has 0 saturated heterocycles. The molecule has 0 radical (unpaired) electrons. The van der Waals surface area contributed by atoms with Gasteiger partial charge in [0.1, 0.15) is 5.76 Å². The van der Waals surface area contributed by atoms with E-state index in [1.807, 2.05) is 0 Å². The Morgan fingerprint density at radius 3 is 2.84 bits per heavy atom. The Balaban J connectivity index is 1.68. The molecule has 1 aromatic rings. The van der Waals surface area contributed by atoms with Crippen molar-refractivity contribution < 1.29 is 19.2 Å². The van der Waals surface area contributed by atoms with Crippen molar-refractivity contribution in [1.82, 2.24) is 5.16 Å². The summed E-state index contributed by atoms with van der Waals surface area (Å²) in [6, 6.07) is 1.65. The molecule has 0 spiro atoms. The van der Waals surface area contributed by atoms with Gasteiger partial charge in [-0.25, -0.2) is 0 Å². The van der Waals surface area contributed by atoms with Crippen LogP contribution in [0.5, 0.6) is 0 Å². The minimum Gasteiger partial charge on any atom is -0.481 e. The minimum absolute atomic E-state index is 0.0821. The van der Waals surface area contributed by atoms with Crippen molar-refractivity contribution in [3.63, 3.8) is 0 Å². The maximum absolute atomic E-state index is 11.6. The second-order valence-electron chi connectivity index (χ2n) is 4.93. The van der Waals surface area contributed by atoms with E-state index < -0.39 is 5.97 Å². The average Bonchev–Trinajstić information content (AvgIpc) is 2.92. The summed E-state index contributed by atoms with van der Waals surface area (Å²) in [4.78, 5) is 22.3. The Kier molecular flexibility index (Phi) is 4.14. The number of carboxylic acid groups (broad SMARTS) is 1. The van der Waals surface area contributed by atoms with E-state index in [1.54, 1.807) is 13.0 Å². The molecule has 1 heterocycles. The van der Waals surface area contributed by atoms with E-state index in [0.29, 0.717) is 23.1 Å². The Morgan fingerprint density at radius 1 is 1.58 bits per heavy atom. The molecular formula is C12H16N2O4S. The van der Waals surface area contributed by atoms with Crippen LogP contribution in [-0.2, 0) is 9.59 Å². The van der Waals surface area contributed by atoms with Crippen molar-refractivity contribution in [2.45, 2.75) is 26.2 Å². The van der Waals surface area contributed by atoms with E-state index in [1.165, 1.54) is 11.8 Å². The number of carbonyl (C=O) groups excluding carboxylic acids is 1. The third-order valence-electron chi connectivity index (χ3n) is 3.02. The highest BCUT2D eigenvalue weighted by Crippen LogP contribution is 2.50. The SMILES string of the molecule is Cc1cc(NC(=O)CSCC2(CC(=O)O)CC2)no1. The second-order valence-corrected chi connectivity index (χ2v) is 5.92. The van der Waals surface area contributed by atoms with Gasteiger partial charge in [0.05, 0.1) is 12.2 Å². The molecule has 1 amide bonds. The van der Waals surface area contributed by atoms with Gasteiger partial charge in [0.15, 0.2) is 5.82 Å². The van der Waals surface area contributed by atoms with Crippen LogP contribution >= 0.6 is 11.8 Å². The van der Waals surface area contributed by atoms with Crippen LogP contribution < -0.4 is 5.32 Å². The van der Waals surface area contributed by atoms with Crippen LogP contribution in [-0.4, -0.2) is 33.6 Å². The van der Waals surface area contributed by atoms with E-state index in [-0.39, 0.29) is 17.7 Å². The van der Waals surface area contributed by atoms with Crippen LogP contribution in [0.1, 0.15) is 25.0 Å². The molecule has 2 N–H and O–H groups in total. The van der Waals surface area contributed by atoms with Crippen molar-refractivity contribution in [2.75, 3.05) is 16.8 Å². The van der Waals surface area contributed by atoms with Gasteiger partial charge in [0.25, 0.3) is 0 Å². The molecule has 7 heteroatoms. The molecule has 1 fully saturated rings. The highest BCUT2D eigenvalue weighted by atomic mass is 32.2. The van der Waals surface area contributed by atoms with Gasteiger partial charge in [-0.05, 0) is 30.9 Å². The van der Waals surface area contributed by atoms with Crippen LogP contribution in [0, 0.1) is 12.3 Å². The molecule has 1 aromatic heterocycles. The van der Waals surface area contributed by atoms with Crippen molar-refractivity contribution in [2.24, 2.45) is 5.41 Å². The normalized spacial score (nSPS) is 16.1. The fraction of sp³-hybridized carbons (Fsp3) is 0.583. The average molecular weight is 284 g/mol. The van der Waals surface area contributed by atoms with Crippen LogP contribution in [0.3, 0.4) is 0 Å². The number of nitrogens with one attached hydrogen (secondary N) is 1. The zero-order valence-corrected chi connectivity index (χ0v) is 11.5. The smallest absolute Gasteiger partial charge is 0.303 e. The van der Waals surface area contributed by atoms with Gasteiger partial charge in [-0.15, -0.1) is 0 Å². The van der Waals surface area contributed by atoms with E-state index in [2.05, 4.69) is 10.5 Å². The molecule has 0 aliphatic heterocycles. The number of carbonyl (C=O) groups is 2. The van der Waals surface area contributed by atoms with Gasteiger partial charge in [-0.2, -0.15) is 11.8 Å².